The van der Waals surface area contributed by atoms with Crippen LogP contribution in [0.15, 0.2) is 71.7 Å². The van der Waals surface area contributed by atoms with Gasteiger partial charge < -0.3 is 0 Å². The Bertz CT molecular complexity index is 1020. The zero-order valence-corrected chi connectivity index (χ0v) is 15.7. The Hall–Kier alpha value is -3.04. The number of pyridine rings is 1. The van der Waals surface area contributed by atoms with E-state index in [2.05, 4.69) is 37.6 Å². The minimum Gasteiger partial charge on any atom is -0.296 e. The maximum atomic E-state index is 12.4. The number of imidazole rings is 1. The number of thioether (sulfide) groups is 1. The highest BCUT2D eigenvalue weighted by Crippen LogP contribution is 2.28. The molecule has 4 aromatic rings. The molecule has 0 aliphatic heterocycles. The Kier molecular flexibility index (Phi) is 5.22. The topological polar surface area (TPSA) is 85.6 Å². The summed E-state index contributed by atoms with van der Waals surface area (Å²) in [6.07, 6.45) is 6.64. The molecule has 0 fully saturated rings. The zero-order valence-electron chi connectivity index (χ0n) is 14.0. The molecule has 1 N–H and O–H groups in total. The van der Waals surface area contributed by atoms with Gasteiger partial charge in [-0.05, 0) is 17.7 Å². The van der Waals surface area contributed by atoms with E-state index < -0.39 is 0 Å². The van der Waals surface area contributed by atoms with Crippen molar-refractivity contribution in [3.05, 3.63) is 78.5 Å². The third kappa shape index (κ3) is 4.39. The summed E-state index contributed by atoms with van der Waals surface area (Å²) in [5.74, 6) is 1.23. The molecule has 0 radical (unpaired) electrons. The molecule has 1 amide bonds. The average Bonchev–Trinajstić information content (AvgIpc) is 3.40. The summed E-state index contributed by atoms with van der Waals surface area (Å²) in [5, 5.41) is 11.4. The second-order valence-corrected chi connectivity index (χ2v) is 7.68. The van der Waals surface area contributed by atoms with E-state index in [-0.39, 0.29) is 5.91 Å². The number of hydrogen-bond acceptors (Lipinski definition) is 7. The molecule has 3 heterocycles. The van der Waals surface area contributed by atoms with Crippen molar-refractivity contribution in [1.29, 1.82) is 0 Å². The number of benzene rings is 1. The van der Waals surface area contributed by atoms with Crippen LogP contribution in [-0.2, 0) is 5.75 Å². The minimum atomic E-state index is -0.268. The predicted octanol–water partition coefficient (Wildman–Crippen LogP) is 3.66. The number of aromatic nitrogens is 5. The number of hydrogen-bond donors (Lipinski definition) is 1. The molecule has 0 aliphatic carbocycles. The number of nitrogens with one attached hydrogen (secondary N) is 1. The molecular weight excluding hydrogens is 380 g/mol. The smallest absolute Gasteiger partial charge is 0.259 e. The lowest BCUT2D eigenvalue weighted by Crippen LogP contribution is -2.12. The normalized spacial score (nSPS) is 10.7. The van der Waals surface area contributed by atoms with E-state index in [1.54, 1.807) is 47.2 Å². The van der Waals surface area contributed by atoms with Crippen LogP contribution in [0.4, 0.5) is 5.13 Å². The van der Waals surface area contributed by atoms with Gasteiger partial charge in [0.05, 0.1) is 5.56 Å². The Morgan fingerprint density at radius 2 is 2.04 bits per heavy atom. The molecule has 27 heavy (non-hydrogen) atoms. The number of rotatable bonds is 6. The van der Waals surface area contributed by atoms with Crippen molar-refractivity contribution in [1.82, 2.24) is 24.7 Å². The van der Waals surface area contributed by atoms with Crippen LogP contribution in [-0.4, -0.2) is 30.6 Å². The van der Waals surface area contributed by atoms with Crippen LogP contribution in [0.2, 0.25) is 0 Å². The van der Waals surface area contributed by atoms with Gasteiger partial charge in [-0.3, -0.25) is 14.7 Å². The van der Waals surface area contributed by atoms with Crippen LogP contribution >= 0.6 is 23.1 Å². The van der Waals surface area contributed by atoms with Gasteiger partial charge in [-0.1, -0.05) is 53.4 Å². The van der Waals surface area contributed by atoms with Gasteiger partial charge >= 0.3 is 0 Å². The third-order valence-electron chi connectivity index (χ3n) is 3.61. The van der Waals surface area contributed by atoms with Crippen molar-refractivity contribution < 1.29 is 4.79 Å². The van der Waals surface area contributed by atoms with Crippen LogP contribution in [0.5, 0.6) is 0 Å². The highest BCUT2D eigenvalue weighted by Gasteiger charge is 2.11. The molecule has 0 aliphatic rings. The van der Waals surface area contributed by atoms with E-state index in [1.165, 1.54) is 23.1 Å². The summed E-state index contributed by atoms with van der Waals surface area (Å²) in [7, 11) is 0. The number of carbonyl (C=O) groups excluding carboxylic acids is 1. The number of nitrogens with zero attached hydrogens (tertiary/aromatic N) is 5. The standard InChI is InChI=1S/C18H14N6OS2/c25-16(14-6-7-15(20-10-14)24-9-8-19-12-24)21-17-22-23-18(27-17)26-11-13-4-2-1-3-5-13/h1-10,12H,11H2,(H,21,22,25). The first kappa shape index (κ1) is 17.4. The van der Waals surface area contributed by atoms with E-state index in [4.69, 9.17) is 0 Å². The van der Waals surface area contributed by atoms with Crippen molar-refractivity contribution in [2.75, 3.05) is 5.32 Å². The lowest BCUT2D eigenvalue weighted by atomic mass is 10.2. The molecule has 4 rings (SSSR count). The lowest BCUT2D eigenvalue weighted by Gasteiger charge is -2.03. The Morgan fingerprint density at radius 3 is 2.78 bits per heavy atom. The molecule has 134 valence electrons. The number of carbonyl (C=O) groups is 1. The maximum absolute atomic E-state index is 12.4. The van der Waals surface area contributed by atoms with Crippen molar-refractivity contribution in [2.45, 2.75) is 10.1 Å². The fourth-order valence-electron chi connectivity index (χ4n) is 2.27. The van der Waals surface area contributed by atoms with Gasteiger partial charge in [-0.2, -0.15) is 0 Å². The van der Waals surface area contributed by atoms with Crippen LogP contribution in [0.25, 0.3) is 5.82 Å². The maximum Gasteiger partial charge on any atom is 0.259 e. The zero-order chi connectivity index (χ0) is 18.5. The highest BCUT2D eigenvalue weighted by molar-refractivity contribution is 8.00. The monoisotopic (exact) mass is 394 g/mol. The quantitative estimate of drug-likeness (QED) is 0.397. The SMILES string of the molecule is O=C(Nc1nnc(SCc2ccccc2)s1)c1ccc(-n2ccnc2)nc1. The number of anilines is 1. The molecular formula is C18H14N6OS2. The van der Waals surface area contributed by atoms with Crippen molar-refractivity contribution in [3.8, 4) is 5.82 Å². The van der Waals surface area contributed by atoms with Crippen molar-refractivity contribution >= 4 is 34.1 Å². The lowest BCUT2D eigenvalue weighted by molar-refractivity contribution is 0.102. The molecule has 1 aromatic carbocycles. The molecule has 9 heteroatoms. The van der Waals surface area contributed by atoms with Gasteiger partial charge in [0.25, 0.3) is 5.91 Å². The van der Waals surface area contributed by atoms with Gasteiger partial charge in [-0.25, -0.2) is 9.97 Å². The van der Waals surface area contributed by atoms with E-state index >= 15 is 0 Å². The van der Waals surface area contributed by atoms with Crippen molar-refractivity contribution in [2.24, 2.45) is 0 Å². The molecule has 3 aromatic heterocycles. The van der Waals surface area contributed by atoms with Gasteiger partial charge in [-0.15, -0.1) is 10.2 Å². The summed E-state index contributed by atoms with van der Waals surface area (Å²) in [5.41, 5.74) is 1.67. The first-order chi connectivity index (χ1) is 13.3. The fraction of sp³-hybridized carbons (Fsp3) is 0.0556. The molecule has 0 atom stereocenters. The van der Waals surface area contributed by atoms with Crippen LogP contribution in [0, 0.1) is 0 Å². The van der Waals surface area contributed by atoms with Crippen LogP contribution in [0.3, 0.4) is 0 Å². The molecule has 0 saturated carbocycles. The first-order valence-electron chi connectivity index (χ1n) is 8.04. The Morgan fingerprint density at radius 1 is 1.15 bits per heavy atom. The fourth-order valence-corrected chi connectivity index (χ4v) is 3.98. The number of amides is 1. The molecule has 0 unspecified atom stereocenters. The molecule has 0 spiro atoms. The van der Waals surface area contributed by atoms with E-state index in [0.29, 0.717) is 16.5 Å². The summed E-state index contributed by atoms with van der Waals surface area (Å²) < 4.78 is 2.57. The summed E-state index contributed by atoms with van der Waals surface area (Å²) in [4.78, 5) is 20.6. The minimum absolute atomic E-state index is 0.268. The summed E-state index contributed by atoms with van der Waals surface area (Å²) in [6.45, 7) is 0. The van der Waals surface area contributed by atoms with Crippen LogP contribution in [0.1, 0.15) is 15.9 Å². The first-order valence-corrected chi connectivity index (χ1v) is 9.84. The van der Waals surface area contributed by atoms with Crippen LogP contribution < -0.4 is 5.32 Å². The van der Waals surface area contributed by atoms with E-state index in [0.717, 1.165) is 10.1 Å². The van der Waals surface area contributed by atoms with E-state index in [1.807, 2.05) is 18.2 Å². The summed E-state index contributed by atoms with van der Waals surface area (Å²) in [6, 6.07) is 13.6. The van der Waals surface area contributed by atoms with Gasteiger partial charge in [0.2, 0.25) is 5.13 Å². The predicted molar refractivity (Wildman–Crippen MR) is 105 cm³/mol. The van der Waals surface area contributed by atoms with Crippen molar-refractivity contribution in [3.63, 3.8) is 0 Å². The second-order valence-electron chi connectivity index (χ2n) is 5.48. The Balaban J connectivity index is 1.36. The van der Waals surface area contributed by atoms with E-state index in [9.17, 15) is 4.79 Å². The van der Waals surface area contributed by atoms with Gasteiger partial charge in [0, 0.05) is 24.3 Å². The molecule has 0 saturated heterocycles. The van der Waals surface area contributed by atoms with Gasteiger partial charge in [0.15, 0.2) is 4.34 Å². The Labute approximate surface area is 163 Å². The molecule has 0 bridgehead atoms. The molecule has 7 nitrogen and oxygen atoms in total. The average molecular weight is 394 g/mol. The van der Waals surface area contributed by atoms with Gasteiger partial charge in [0.1, 0.15) is 12.1 Å². The highest BCUT2D eigenvalue weighted by atomic mass is 32.2. The summed E-state index contributed by atoms with van der Waals surface area (Å²) >= 11 is 2.94. The largest absolute Gasteiger partial charge is 0.296 e. The third-order valence-corrected chi connectivity index (χ3v) is 5.65. The second kappa shape index (κ2) is 8.11.